The van der Waals surface area contributed by atoms with Crippen molar-refractivity contribution >= 4 is 35.1 Å². The summed E-state index contributed by atoms with van der Waals surface area (Å²) in [7, 11) is 0. The number of nitro benzene ring substituents is 1. The topological polar surface area (TPSA) is 116 Å². The molecule has 0 aliphatic rings. The number of hydrogen-bond acceptors (Lipinski definition) is 6. The zero-order valence-corrected chi connectivity index (χ0v) is 14.4. The normalized spacial score (nSPS) is 10.4. The molecule has 0 bridgehead atoms. The van der Waals surface area contributed by atoms with Crippen molar-refractivity contribution in [2.24, 2.45) is 0 Å². The van der Waals surface area contributed by atoms with E-state index in [0.29, 0.717) is 16.8 Å². The van der Waals surface area contributed by atoms with E-state index in [9.17, 15) is 24.5 Å². The van der Waals surface area contributed by atoms with Crippen LogP contribution in [0.3, 0.4) is 0 Å². The van der Waals surface area contributed by atoms with Gasteiger partial charge in [-0.1, -0.05) is 0 Å². The minimum Gasteiger partial charge on any atom is -0.452 e. The highest BCUT2D eigenvalue weighted by atomic mass is 16.6. The maximum atomic E-state index is 11.8. The molecule has 1 amide bonds. The Morgan fingerprint density at radius 1 is 1.07 bits per heavy atom. The van der Waals surface area contributed by atoms with Crippen molar-refractivity contribution in [3.05, 3.63) is 75.8 Å². The first-order chi connectivity index (χ1) is 12.8. The number of anilines is 1. The van der Waals surface area contributed by atoms with E-state index in [1.807, 2.05) is 0 Å². The largest absolute Gasteiger partial charge is 0.452 e. The molecule has 0 atom stereocenters. The van der Waals surface area contributed by atoms with Crippen molar-refractivity contribution in [2.75, 3.05) is 11.9 Å². The van der Waals surface area contributed by atoms with Gasteiger partial charge in [0.1, 0.15) is 0 Å². The lowest BCUT2D eigenvalue weighted by atomic mass is 10.1. The number of non-ortho nitro benzene ring substituents is 1. The summed E-state index contributed by atoms with van der Waals surface area (Å²) in [5.41, 5.74) is 1.52. The quantitative estimate of drug-likeness (QED) is 0.264. The lowest BCUT2D eigenvalue weighted by molar-refractivity contribution is -0.384. The molecule has 0 saturated heterocycles. The van der Waals surface area contributed by atoms with Crippen molar-refractivity contribution in [1.82, 2.24) is 0 Å². The van der Waals surface area contributed by atoms with Gasteiger partial charge in [-0.15, -0.1) is 0 Å². The second kappa shape index (κ2) is 9.04. The first-order valence-corrected chi connectivity index (χ1v) is 7.85. The minimum absolute atomic E-state index is 0.0530. The zero-order chi connectivity index (χ0) is 19.8. The lowest BCUT2D eigenvalue weighted by Crippen LogP contribution is -2.20. The number of esters is 1. The molecule has 0 fully saturated rings. The van der Waals surface area contributed by atoms with Crippen molar-refractivity contribution in [2.45, 2.75) is 6.92 Å². The molecule has 0 aliphatic carbocycles. The van der Waals surface area contributed by atoms with Crippen LogP contribution in [0.25, 0.3) is 6.08 Å². The third kappa shape index (κ3) is 6.20. The van der Waals surface area contributed by atoms with Gasteiger partial charge in [0.15, 0.2) is 12.4 Å². The summed E-state index contributed by atoms with van der Waals surface area (Å²) >= 11 is 0. The first-order valence-electron chi connectivity index (χ1n) is 7.85. The Morgan fingerprint density at radius 3 is 2.26 bits per heavy atom. The van der Waals surface area contributed by atoms with Crippen molar-refractivity contribution in [3.8, 4) is 0 Å². The van der Waals surface area contributed by atoms with Crippen LogP contribution in [0.2, 0.25) is 0 Å². The Balaban J connectivity index is 1.81. The number of ketones is 1. The fourth-order valence-corrected chi connectivity index (χ4v) is 2.04. The first kappa shape index (κ1) is 19.5. The molecule has 2 aromatic carbocycles. The molecule has 8 heteroatoms. The second-order valence-corrected chi connectivity index (χ2v) is 5.47. The Kier molecular flexibility index (Phi) is 6.54. The van der Waals surface area contributed by atoms with Crippen LogP contribution in [-0.2, 0) is 14.3 Å². The van der Waals surface area contributed by atoms with Gasteiger partial charge in [0.05, 0.1) is 4.92 Å². The number of carbonyl (C=O) groups is 3. The third-order valence-electron chi connectivity index (χ3n) is 3.44. The Morgan fingerprint density at radius 2 is 1.70 bits per heavy atom. The lowest BCUT2D eigenvalue weighted by Gasteiger charge is -2.06. The number of carbonyl (C=O) groups excluding carboxylic acids is 3. The average Bonchev–Trinajstić information content (AvgIpc) is 2.65. The highest BCUT2D eigenvalue weighted by molar-refractivity contribution is 5.96. The van der Waals surface area contributed by atoms with Crippen molar-refractivity contribution in [3.63, 3.8) is 0 Å². The van der Waals surface area contributed by atoms with Gasteiger partial charge in [0.25, 0.3) is 11.6 Å². The summed E-state index contributed by atoms with van der Waals surface area (Å²) in [6.07, 6.45) is 2.54. The van der Waals surface area contributed by atoms with Gasteiger partial charge in [-0.2, -0.15) is 0 Å². The predicted octanol–water partition coefficient (Wildman–Crippen LogP) is 2.99. The van der Waals surface area contributed by atoms with Gasteiger partial charge >= 0.3 is 5.97 Å². The number of amides is 1. The van der Waals surface area contributed by atoms with Crippen LogP contribution in [0.4, 0.5) is 11.4 Å². The van der Waals surface area contributed by atoms with E-state index in [2.05, 4.69) is 5.32 Å². The predicted molar refractivity (Wildman–Crippen MR) is 98.2 cm³/mol. The summed E-state index contributed by atoms with van der Waals surface area (Å²) < 4.78 is 4.82. The van der Waals surface area contributed by atoms with Crippen LogP contribution in [-0.4, -0.2) is 29.2 Å². The van der Waals surface area contributed by atoms with Crippen LogP contribution in [0, 0.1) is 10.1 Å². The van der Waals surface area contributed by atoms with E-state index < -0.39 is 23.4 Å². The van der Waals surface area contributed by atoms with Gasteiger partial charge in [-0.3, -0.25) is 19.7 Å². The van der Waals surface area contributed by atoms with Gasteiger partial charge in [-0.05, 0) is 55.0 Å². The monoisotopic (exact) mass is 368 g/mol. The molecular weight excluding hydrogens is 352 g/mol. The molecule has 8 nitrogen and oxygen atoms in total. The SMILES string of the molecule is CC(=O)c1ccc(NC(=O)COC(=O)C=Cc2ccc([N+](=O)[O-])cc2)cc1. The highest BCUT2D eigenvalue weighted by Gasteiger charge is 2.07. The number of nitrogens with zero attached hydrogens (tertiary/aromatic N) is 1. The molecule has 0 aromatic heterocycles. The van der Waals surface area contributed by atoms with Crippen molar-refractivity contribution < 1.29 is 24.0 Å². The second-order valence-electron chi connectivity index (χ2n) is 5.47. The van der Waals surface area contributed by atoms with Crippen LogP contribution in [0.15, 0.2) is 54.6 Å². The summed E-state index contributed by atoms with van der Waals surface area (Å²) in [4.78, 5) is 44.6. The number of benzene rings is 2. The fraction of sp³-hybridized carbons (Fsp3) is 0.105. The molecule has 0 radical (unpaired) electrons. The molecule has 2 aromatic rings. The Bertz CT molecular complexity index is 885. The Hall–Kier alpha value is -3.81. The highest BCUT2D eigenvalue weighted by Crippen LogP contribution is 2.13. The summed E-state index contributed by atoms with van der Waals surface area (Å²) in [6, 6.07) is 11.9. The number of nitro groups is 1. The maximum absolute atomic E-state index is 11.8. The van der Waals surface area contributed by atoms with E-state index in [-0.39, 0.29) is 11.5 Å². The molecular formula is C19H16N2O6. The third-order valence-corrected chi connectivity index (χ3v) is 3.44. The number of rotatable bonds is 7. The van der Waals surface area contributed by atoms with E-state index in [0.717, 1.165) is 6.08 Å². The van der Waals surface area contributed by atoms with Crippen molar-refractivity contribution in [1.29, 1.82) is 0 Å². The van der Waals surface area contributed by atoms with Crippen LogP contribution >= 0.6 is 0 Å². The summed E-state index contributed by atoms with van der Waals surface area (Å²) in [5.74, 6) is -1.33. The summed E-state index contributed by atoms with van der Waals surface area (Å²) in [5, 5.41) is 13.1. The maximum Gasteiger partial charge on any atom is 0.331 e. The molecule has 0 aliphatic heterocycles. The molecule has 0 spiro atoms. The fourth-order valence-electron chi connectivity index (χ4n) is 2.04. The number of Topliss-reactive ketones (excluding diaryl/α,β-unsaturated/α-hetero) is 1. The van der Waals surface area contributed by atoms with Crippen LogP contribution < -0.4 is 5.32 Å². The van der Waals surface area contributed by atoms with E-state index in [1.54, 1.807) is 24.3 Å². The van der Waals surface area contributed by atoms with Gasteiger partial charge in [0.2, 0.25) is 0 Å². The van der Waals surface area contributed by atoms with Crippen LogP contribution in [0.5, 0.6) is 0 Å². The zero-order valence-electron chi connectivity index (χ0n) is 14.4. The molecule has 138 valence electrons. The molecule has 1 N–H and O–H groups in total. The number of nitrogens with one attached hydrogen (secondary N) is 1. The average molecular weight is 368 g/mol. The van der Waals surface area contributed by atoms with E-state index in [1.165, 1.54) is 37.3 Å². The summed E-state index contributed by atoms with van der Waals surface area (Å²) in [6.45, 7) is 0.967. The Labute approximate surface area is 154 Å². The molecule has 27 heavy (non-hydrogen) atoms. The molecule has 2 rings (SSSR count). The van der Waals surface area contributed by atoms with Gasteiger partial charge in [-0.25, -0.2) is 4.79 Å². The number of ether oxygens (including phenoxy) is 1. The molecule has 0 heterocycles. The van der Waals surface area contributed by atoms with E-state index in [4.69, 9.17) is 4.74 Å². The van der Waals surface area contributed by atoms with E-state index >= 15 is 0 Å². The van der Waals surface area contributed by atoms with Gasteiger partial charge in [0, 0.05) is 29.5 Å². The smallest absolute Gasteiger partial charge is 0.331 e. The van der Waals surface area contributed by atoms with Gasteiger partial charge < -0.3 is 10.1 Å². The molecule has 0 unspecified atom stereocenters. The standard InChI is InChI=1S/C19H16N2O6/c1-13(22)15-5-7-16(8-6-15)20-18(23)12-27-19(24)11-4-14-2-9-17(10-3-14)21(25)26/h2-11H,12H2,1H3,(H,20,23). The number of hydrogen-bond donors (Lipinski definition) is 1. The minimum atomic E-state index is -0.726. The van der Waals surface area contributed by atoms with Crippen LogP contribution in [0.1, 0.15) is 22.8 Å². The molecule has 0 saturated carbocycles.